The number of carboxylic acid groups (broad SMARTS) is 1. The van der Waals surface area contributed by atoms with Crippen molar-refractivity contribution in [2.75, 3.05) is 0 Å². The maximum absolute atomic E-state index is 11.1. The molecule has 0 aromatic heterocycles. The van der Waals surface area contributed by atoms with Crippen molar-refractivity contribution in [2.45, 2.75) is 25.5 Å². The van der Waals surface area contributed by atoms with E-state index in [0.29, 0.717) is 0 Å². The molecule has 0 saturated carbocycles. The Hall–Kier alpha value is -0.350. The monoisotopic (exact) mass is 350 g/mol. The van der Waals surface area contributed by atoms with Crippen LogP contribution in [0.25, 0.3) is 0 Å². The first-order valence-electron chi connectivity index (χ1n) is 4.26. The van der Waals surface area contributed by atoms with Crippen molar-refractivity contribution in [1.82, 2.24) is 0 Å². The Kier molecular flexibility index (Phi) is 5.95. The zero-order chi connectivity index (χ0) is 12.7. The number of ether oxygens (including phenoxy) is 1. The molecule has 0 saturated heterocycles. The molecule has 0 aromatic carbocycles. The van der Waals surface area contributed by atoms with E-state index in [9.17, 15) is 14.4 Å². The van der Waals surface area contributed by atoms with E-state index < -0.39 is 56.6 Å². The molecule has 0 aromatic rings. The number of aliphatic carboxylic acids is 1. The summed E-state index contributed by atoms with van der Waals surface area (Å²) < 4.78 is 11.6. The van der Waals surface area contributed by atoms with E-state index in [0.717, 1.165) is 8.93 Å². The van der Waals surface area contributed by atoms with Gasteiger partial charge in [-0.05, 0) is 0 Å². The second-order valence-electron chi connectivity index (χ2n) is 2.68. The minimum atomic E-state index is -1.33. The van der Waals surface area contributed by atoms with Crippen LogP contribution in [0.3, 0.4) is 0 Å². The summed E-state index contributed by atoms with van der Waals surface area (Å²) >= 11 is -1.01. The van der Waals surface area contributed by atoms with Crippen LogP contribution in [-0.4, -0.2) is 34.9 Å². The van der Waals surface area contributed by atoms with Gasteiger partial charge in [-0.2, -0.15) is 0 Å². The maximum atomic E-state index is 11.1. The van der Waals surface area contributed by atoms with E-state index in [1.807, 2.05) is 0 Å². The summed E-state index contributed by atoms with van der Waals surface area (Å²) in [7, 11) is 0.820. The molecular weight excluding hydrogens is 337 g/mol. The van der Waals surface area contributed by atoms with Crippen molar-refractivity contribution in [3.05, 3.63) is 0 Å². The number of carbonyl (C=O) groups excluding carboxylic acids is 2. The molecule has 8 heteroatoms. The summed E-state index contributed by atoms with van der Waals surface area (Å²) in [6.45, 7) is 1.37. The van der Waals surface area contributed by atoms with Crippen LogP contribution in [0, 0.1) is 0 Å². The van der Waals surface area contributed by atoms with Crippen LogP contribution in [0.4, 0.5) is 0 Å². The van der Waals surface area contributed by atoms with Gasteiger partial charge in [0.15, 0.2) is 0 Å². The number of halogens is 1. The van der Waals surface area contributed by atoms with Crippen LogP contribution in [0.2, 0.25) is 0 Å². The second-order valence-corrected chi connectivity index (χ2v) is 4.55. The van der Waals surface area contributed by atoms with Crippen LogP contribution in [0.5, 0.6) is 0 Å². The Balaban J connectivity index is 4.05. The van der Waals surface area contributed by atoms with Crippen molar-refractivity contribution < 1.29 is 45.2 Å². The van der Waals surface area contributed by atoms with Crippen molar-refractivity contribution in [2.24, 2.45) is 5.73 Å². The average Bonchev–Trinajstić information content (AvgIpc) is 2.17. The summed E-state index contributed by atoms with van der Waals surface area (Å²) in [5, 5.41) is 8.03. The molecule has 0 heterocycles. The molecule has 0 radical (unpaired) electrons. The first kappa shape index (κ1) is 12.7. The van der Waals surface area contributed by atoms with Gasteiger partial charge in [-0.3, -0.25) is 0 Å². The molecule has 0 aliphatic carbocycles. The molecule has 2 atom stereocenters. The van der Waals surface area contributed by atoms with Crippen LogP contribution < -0.4 is 26.7 Å². The molecule has 0 rings (SSSR count). The molecule has 0 amide bonds. The van der Waals surface area contributed by atoms with Crippen LogP contribution in [0.15, 0.2) is 0 Å². The SMILES string of the molecule is [3H][I-]SC(=O)[C@H](C)OC(=O)C[C@H](N)C(=O)O. The predicted octanol–water partition coefficient (Wildman–Crippen LogP) is -3.82. The number of esters is 1. The minimum absolute atomic E-state index is 0.403. The molecule has 0 aliphatic rings. The quantitative estimate of drug-likeness (QED) is 0.374. The molecule has 6 nitrogen and oxygen atoms in total. The fourth-order valence-corrected chi connectivity index (χ4v) is 1.87. The number of hydrogen-bond donors (Lipinski definition) is 2. The van der Waals surface area contributed by atoms with Crippen LogP contribution in [-0.2, 0) is 19.1 Å². The molecule has 0 spiro atoms. The predicted molar refractivity (Wildman–Crippen MR) is 49.8 cm³/mol. The number of carbonyl (C=O) groups is 3. The molecule has 88 valence electrons. The normalized spacial score (nSPS) is 15.2. The number of rotatable bonds is 6. The molecular formula is C7H11INO5S-. The molecule has 0 aliphatic heterocycles. The molecule has 15 heavy (non-hydrogen) atoms. The molecule has 0 fully saturated rings. The van der Waals surface area contributed by atoms with E-state index in [4.69, 9.17) is 11.4 Å². The van der Waals surface area contributed by atoms with E-state index >= 15 is 0 Å². The summed E-state index contributed by atoms with van der Waals surface area (Å²) in [5.41, 5.74) is 5.11. The van der Waals surface area contributed by atoms with E-state index in [2.05, 4.69) is 4.74 Å². The zero-order valence-electron chi connectivity index (χ0n) is 8.81. The standard InChI is InChI=1S/C7H11INO5S/c1-3(7(13)15-8)14-5(10)2-4(9)6(11)12/h3-4,8H,2,9H2,1H3,(H,11,12)/q-1/t3-,4-/m0/s1/i8T. The Morgan fingerprint density at radius 3 is 2.73 bits per heavy atom. The number of nitrogens with two attached hydrogens (primary N) is 1. The van der Waals surface area contributed by atoms with Crippen LogP contribution >= 0.6 is 8.93 Å². The second kappa shape index (κ2) is 7.01. The van der Waals surface area contributed by atoms with Gasteiger partial charge in [-0.1, -0.05) is 0 Å². The van der Waals surface area contributed by atoms with Gasteiger partial charge in [0.05, 0.1) is 0 Å². The Morgan fingerprint density at radius 2 is 2.27 bits per heavy atom. The van der Waals surface area contributed by atoms with Gasteiger partial charge in [0, 0.05) is 0 Å². The van der Waals surface area contributed by atoms with Crippen molar-refractivity contribution >= 4 is 26.0 Å². The molecule has 0 bridgehead atoms. The first-order chi connectivity index (χ1) is 7.38. The van der Waals surface area contributed by atoms with E-state index in [1.165, 1.54) is 6.92 Å². The van der Waals surface area contributed by atoms with Crippen molar-refractivity contribution in [1.29, 1.82) is 0.594 Å². The number of carboxylic acids is 1. The Labute approximate surface area is 103 Å². The summed E-state index contributed by atoms with van der Waals surface area (Å²) in [6, 6.07) is -1.33. The third-order valence-corrected chi connectivity index (χ3v) is 3.21. The van der Waals surface area contributed by atoms with Gasteiger partial charge < -0.3 is 0 Å². The Morgan fingerprint density at radius 1 is 1.67 bits per heavy atom. The van der Waals surface area contributed by atoms with E-state index in [-0.39, 0.29) is 0 Å². The van der Waals surface area contributed by atoms with Gasteiger partial charge in [-0.25, -0.2) is 0 Å². The average molecular weight is 350 g/mol. The first-order valence-corrected chi connectivity index (χ1v) is 7.24. The third kappa shape index (κ3) is 5.95. The number of hydrogen-bond acceptors (Lipinski definition) is 6. The van der Waals surface area contributed by atoms with Gasteiger partial charge >= 0.3 is 103 Å². The summed E-state index contributed by atoms with van der Waals surface area (Å²) in [6.07, 6.45) is -1.45. The topological polar surface area (TPSA) is 107 Å². The zero-order valence-corrected chi connectivity index (χ0v) is 10.8. The summed E-state index contributed by atoms with van der Waals surface area (Å²) in [5.74, 6) is -2.14. The van der Waals surface area contributed by atoms with Crippen LogP contribution in [0.1, 0.15) is 13.3 Å². The van der Waals surface area contributed by atoms with Gasteiger partial charge in [-0.15, -0.1) is 0 Å². The van der Waals surface area contributed by atoms with E-state index in [1.54, 1.807) is 0 Å². The fourth-order valence-electron chi connectivity index (χ4n) is 0.623. The van der Waals surface area contributed by atoms with Gasteiger partial charge in [0.1, 0.15) is 0 Å². The van der Waals surface area contributed by atoms with Gasteiger partial charge in [0.25, 0.3) is 0 Å². The summed E-state index contributed by atoms with van der Waals surface area (Å²) in [4.78, 5) is 32.6. The Bertz CT molecular complexity index is 290. The molecule has 3 N–H and O–H groups in total. The van der Waals surface area contributed by atoms with Crippen molar-refractivity contribution in [3.8, 4) is 0 Å². The molecule has 0 unspecified atom stereocenters. The van der Waals surface area contributed by atoms with Gasteiger partial charge in [0.2, 0.25) is 0 Å². The fraction of sp³-hybridized carbons (Fsp3) is 0.571. The van der Waals surface area contributed by atoms with Crippen molar-refractivity contribution in [3.63, 3.8) is 0 Å². The third-order valence-electron chi connectivity index (χ3n) is 1.42.